The zero-order chi connectivity index (χ0) is 14.0. The van der Waals surface area contributed by atoms with Crippen molar-refractivity contribution >= 4 is 11.0 Å². The summed E-state index contributed by atoms with van der Waals surface area (Å²) in [4.78, 5) is 4.44. The Morgan fingerprint density at radius 3 is 2.68 bits per heavy atom. The van der Waals surface area contributed by atoms with Crippen molar-refractivity contribution in [1.29, 1.82) is 0 Å². The molecular formula is C15H22FN3. The molecule has 3 nitrogen and oxygen atoms in total. The van der Waals surface area contributed by atoms with Gasteiger partial charge < -0.3 is 10.3 Å². The molecule has 2 aromatic rings. The highest BCUT2D eigenvalue weighted by atomic mass is 19.1. The summed E-state index contributed by atoms with van der Waals surface area (Å²) >= 11 is 0. The van der Waals surface area contributed by atoms with Crippen LogP contribution in [0.15, 0.2) is 18.2 Å². The Balaban J connectivity index is 2.30. The summed E-state index contributed by atoms with van der Waals surface area (Å²) in [7, 11) is 1.94. The van der Waals surface area contributed by atoms with Crippen molar-refractivity contribution < 1.29 is 4.39 Å². The molecule has 1 atom stereocenters. The van der Waals surface area contributed by atoms with Crippen LogP contribution < -0.4 is 5.73 Å². The number of benzene rings is 1. The number of halogens is 1. The molecule has 0 amide bonds. The molecule has 1 heterocycles. The summed E-state index contributed by atoms with van der Waals surface area (Å²) in [5.41, 5.74) is 7.13. The van der Waals surface area contributed by atoms with E-state index in [4.69, 9.17) is 5.73 Å². The first-order chi connectivity index (χ1) is 9.02. The van der Waals surface area contributed by atoms with Crippen molar-refractivity contribution in [3.8, 4) is 0 Å². The molecule has 0 aliphatic carbocycles. The lowest BCUT2D eigenvalue weighted by Gasteiger charge is -2.16. The van der Waals surface area contributed by atoms with Gasteiger partial charge in [-0.05, 0) is 36.9 Å². The second-order valence-electron chi connectivity index (χ2n) is 5.63. The third kappa shape index (κ3) is 2.95. The van der Waals surface area contributed by atoms with Crippen LogP contribution in [0.2, 0.25) is 0 Å². The Morgan fingerprint density at radius 2 is 2.11 bits per heavy atom. The third-order valence-electron chi connectivity index (χ3n) is 3.56. The lowest BCUT2D eigenvalue weighted by Crippen LogP contribution is -2.20. The van der Waals surface area contributed by atoms with Crippen LogP contribution >= 0.6 is 0 Å². The number of hydrogen-bond acceptors (Lipinski definition) is 2. The van der Waals surface area contributed by atoms with Gasteiger partial charge in [-0.25, -0.2) is 9.37 Å². The minimum Gasteiger partial charge on any atom is -0.331 e. The lowest BCUT2D eigenvalue weighted by atomic mass is 9.94. The van der Waals surface area contributed by atoms with Gasteiger partial charge in [0.25, 0.3) is 0 Å². The minimum atomic E-state index is -0.257. The fraction of sp³-hybridized carbons (Fsp3) is 0.533. The van der Waals surface area contributed by atoms with Gasteiger partial charge in [0, 0.05) is 13.5 Å². The van der Waals surface area contributed by atoms with Crippen LogP contribution in [0.1, 0.15) is 26.1 Å². The highest BCUT2D eigenvalue weighted by Crippen LogP contribution is 2.21. The summed E-state index contributed by atoms with van der Waals surface area (Å²) < 4.78 is 15.7. The van der Waals surface area contributed by atoms with E-state index in [1.807, 2.05) is 17.7 Å². The number of rotatable bonds is 5. The first-order valence-electron chi connectivity index (χ1n) is 6.82. The summed E-state index contributed by atoms with van der Waals surface area (Å²) in [6.45, 7) is 5.03. The molecule has 4 heteroatoms. The SMILES string of the molecule is CC(C)CC(CN)Cc1nc2c(F)cccc2n1C. The normalized spacial score (nSPS) is 13.4. The Hall–Kier alpha value is -1.42. The van der Waals surface area contributed by atoms with E-state index in [9.17, 15) is 4.39 Å². The molecule has 1 aromatic carbocycles. The Labute approximate surface area is 113 Å². The molecule has 0 saturated carbocycles. The van der Waals surface area contributed by atoms with Crippen LogP contribution in [0.25, 0.3) is 11.0 Å². The van der Waals surface area contributed by atoms with Crippen LogP contribution in [-0.2, 0) is 13.5 Å². The topological polar surface area (TPSA) is 43.8 Å². The van der Waals surface area contributed by atoms with E-state index in [0.717, 1.165) is 24.2 Å². The van der Waals surface area contributed by atoms with E-state index in [0.29, 0.717) is 23.9 Å². The molecule has 0 spiro atoms. The van der Waals surface area contributed by atoms with Gasteiger partial charge in [0.15, 0.2) is 5.82 Å². The molecule has 1 unspecified atom stereocenters. The third-order valence-corrected chi connectivity index (χ3v) is 3.56. The maximum Gasteiger partial charge on any atom is 0.151 e. The quantitative estimate of drug-likeness (QED) is 0.901. The van der Waals surface area contributed by atoms with Crippen LogP contribution in [-0.4, -0.2) is 16.1 Å². The maximum absolute atomic E-state index is 13.7. The highest BCUT2D eigenvalue weighted by molar-refractivity contribution is 5.76. The predicted octanol–water partition coefficient (Wildman–Crippen LogP) is 2.88. The van der Waals surface area contributed by atoms with Crippen molar-refractivity contribution in [3.63, 3.8) is 0 Å². The van der Waals surface area contributed by atoms with Crippen LogP contribution in [0.4, 0.5) is 4.39 Å². The van der Waals surface area contributed by atoms with Crippen molar-refractivity contribution in [1.82, 2.24) is 9.55 Å². The summed E-state index contributed by atoms with van der Waals surface area (Å²) in [5, 5.41) is 0. The molecule has 0 fully saturated rings. The molecule has 0 radical (unpaired) electrons. The Kier molecular flexibility index (Phi) is 4.20. The van der Waals surface area contributed by atoms with E-state index in [2.05, 4.69) is 18.8 Å². The second-order valence-corrected chi connectivity index (χ2v) is 5.63. The number of nitrogens with two attached hydrogens (primary N) is 1. The van der Waals surface area contributed by atoms with Gasteiger partial charge in [-0.15, -0.1) is 0 Å². The minimum absolute atomic E-state index is 0.257. The predicted molar refractivity (Wildman–Crippen MR) is 76.4 cm³/mol. The van der Waals surface area contributed by atoms with E-state index >= 15 is 0 Å². The average molecular weight is 263 g/mol. The largest absolute Gasteiger partial charge is 0.331 e. The van der Waals surface area contributed by atoms with Gasteiger partial charge in [-0.2, -0.15) is 0 Å². The van der Waals surface area contributed by atoms with E-state index in [1.54, 1.807) is 6.07 Å². The summed E-state index contributed by atoms with van der Waals surface area (Å²) in [6, 6.07) is 5.07. The zero-order valence-corrected chi connectivity index (χ0v) is 11.9. The van der Waals surface area contributed by atoms with Crippen molar-refractivity contribution in [2.24, 2.45) is 24.6 Å². The van der Waals surface area contributed by atoms with Crippen molar-refractivity contribution in [2.75, 3.05) is 6.54 Å². The molecule has 0 bridgehead atoms. The molecule has 1 aromatic heterocycles. The number of aromatic nitrogens is 2. The van der Waals surface area contributed by atoms with Crippen LogP contribution in [0, 0.1) is 17.7 Å². The van der Waals surface area contributed by atoms with E-state index in [-0.39, 0.29) is 5.82 Å². The molecule has 19 heavy (non-hydrogen) atoms. The van der Waals surface area contributed by atoms with E-state index < -0.39 is 0 Å². The van der Waals surface area contributed by atoms with Gasteiger partial charge in [0.05, 0.1) is 5.52 Å². The smallest absolute Gasteiger partial charge is 0.151 e. The fourth-order valence-corrected chi connectivity index (χ4v) is 2.60. The number of para-hydroxylation sites is 1. The molecule has 2 N–H and O–H groups in total. The monoisotopic (exact) mass is 263 g/mol. The van der Waals surface area contributed by atoms with E-state index in [1.165, 1.54) is 6.07 Å². The molecule has 104 valence electrons. The standard InChI is InChI=1S/C15H22FN3/c1-10(2)7-11(9-17)8-14-18-15-12(16)5-4-6-13(15)19(14)3/h4-6,10-11H,7-9,17H2,1-3H3. The van der Waals surface area contributed by atoms with Gasteiger partial charge in [0.1, 0.15) is 11.3 Å². The first kappa shape index (κ1) is 14.0. The number of aryl methyl sites for hydroxylation is 1. The van der Waals surface area contributed by atoms with Crippen LogP contribution in [0.3, 0.4) is 0 Å². The van der Waals surface area contributed by atoms with Crippen LogP contribution in [0.5, 0.6) is 0 Å². The Bertz CT molecular complexity index is 560. The first-order valence-corrected chi connectivity index (χ1v) is 6.82. The van der Waals surface area contributed by atoms with Gasteiger partial charge in [-0.3, -0.25) is 0 Å². The van der Waals surface area contributed by atoms with Crippen molar-refractivity contribution in [2.45, 2.75) is 26.7 Å². The molecule has 0 saturated heterocycles. The second kappa shape index (κ2) is 5.70. The van der Waals surface area contributed by atoms with Gasteiger partial charge in [-0.1, -0.05) is 19.9 Å². The van der Waals surface area contributed by atoms with Crippen molar-refractivity contribution in [3.05, 3.63) is 29.8 Å². The molecule has 0 aliphatic rings. The maximum atomic E-state index is 13.7. The lowest BCUT2D eigenvalue weighted by molar-refractivity contribution is 0.406. The highest BCUT2D eigenvalue weighted by Gasteiger charge is 2.16. The molecular weight excluding hydrogens is 241 g/mol. The summed E-state index contributed by atoms with van der Waals surface area (Å²) in [6.07, 6.45) is 1.88. The fourth-order valence-electron chi connectivity index (χ4n) is 2.60. The number of fused-ring (bicyclic) bond motifs is 1. The number of imidazole rings is 1. The van der Waals surface area contributed by atoms with Gasteiger partial charge >= 0.3 is 0 Å². The average Bonchev–Trinajstić information content (AvgIpc) is 2.67. The van der Waals surface area contributed by atoms with Gasteiger partial charge in [0.2, 0.25) is 0 Å². The molecule has 0 aliphatic heterocycles. The Morgan fingerprint density at radius 1 is 1.37 bits per heavy atom. The summed E-state index contributed by atoms with van der Waals surface area (Å²) in [5.74, 6) is 1.67. The molecule has 2 rings (SSSR count). The number of nitrogens with zero attached hydrogens (tertiary/aromatic N) is 2. The zero-order valence-electron chi connectivity index (χ0n) is 11.9. The number of hydrogen-bond donors (Lipinski definition) is 1.